The molecular weight excluding hydrogens is 220 g/mol. The van der Waals surface area contributed by atoms with Crippen LogP contribution in [0.3, 0.4) is 0 Å². The quantitative estimate of drug-likeness (QED) is 0.407. The molecule has 0 aliphatic heterocycles. The van der Waals surface area contributed by atoms with E-state index in [1.54, 1.807) is 0 Å². The Hall–Kier alpha value is -2.12. The Labute approximate surface area is 90.6 Å². The first-order valence-corrected chi connectivity index (χ1v) is 4.40. The summed E-state index contributed by atoms with van der Waals surface area (Å²) in [6.07, 6.45) is -0.156. The highest BCUT2D eigenvalue weighted by Crippen LogP contribution is 1.97. The molecule has 0 bridgehead atoms. The van der Waals surface area contributed by atoms with Crippen LogP contribution < -0.4 is 10.6 Å². The minimum atomic E-state index is -1.33. The van der Waals surface area contributed by atoms with Gasteiger partial charge in [0.1, 0.15) is 12.3 Å². The van der Waals surface area contributed by atoms with Crippen LogP contribution in [0.1, 0.15) is 12.8 Å². The molecule has 2 amide bonds. The Morgan fingerprint density at radius 1 is 1.25 bits per heavy atom. The van der Waals surface area contributed by atoms with Crippen LogP contribution >= 0.6 is 0 Å². The van der Waals surface area contributed by atoms with Crippen molar-refractivity contribution in [2.45, 2.75) is 18.9 Å². The lowest BCUT2D eigenvalue weighted by atomic mass is 10.1. The summed E-state index contributed by atoms with van der Waals surface area (Å²) >= 11 is 0. The van der Waals surface area contributed by atoms with Crippen LogP contribution in [-0.2, 0) is 14.4 Å². The number of carbonyl (C=O) groups excluding carboxylic acids is 2. The van der Waals surface area contributed by atoms with Crippen LogP contribution in [0.15, 0.2) is 0 Å². The lowest BCUT2D eigenvalue weighted by Crippen LogP contribution is -2.46. The number of carboxylic acids is 2. The van der Waals surface area contributed by atoms with Crippen molar-refractivity contribution in [3.63, 3.8) is 0 Å². The summed E-state index contributed by atoms with van der Waals surface area (Å²) in [5, 5.41) is 21.1. The van der Waals surface area contributed by atoms with E-state index in [9.17, 15) is 19.2 Å². The molecule has 0 fully saturated rings. The van der Waals surface area contributed by atoms with Gasteiger partial charge in [0, 0.05) is 6.42 Å². The zero-order valence-corrected chi connectivity index (χ0v) is 8.30. The van der Waals surface area contributed by atoms with Gasteiger partial charge in [-0.1, -0.05) is 0 Å². The molecule has 4 N–H and O–H groups in total. The van der Waals surface area contributed by atoms with Crippen molar-refractivity contribution in [1.82, 2.24) is 10.6 Å². The number of carboxylic acid groups (broad SMARTS) is 2. The second-order valence-electron chi connectivity index (χ2n) is 2.84. The van der Waals surface area contributed by atoms with E-state index in [0.29, 0.717) is 6.29 Å². The molecule has 0 saturated carbocycles. The van der Waals surface area contributed by atoms with Gasteiger partial charge < -0.3 is 25.6 Å². The van der Waals surface area contributed by atoms with Crippen LogP contribution in [0.25, 0.3) is 0 Å². The Bertz CT molecular complexity index is 290. The Balaban J connectivity index is 4.11. The van der Waals surface area contributed by atoms with Crippen molar-refractivity contribution < 1.29 is 29.4 Å². The lowest BCUT2D eigenvalue weighted by molar-refractivity contribution is -0.140. The van der Waals surface area contributed by atoms with Crippen molar-refractivity contribution in [3.05, 3.63) is 0 Å². The Kier molecular flexibility index (Phi) is 6.25. The molecular formula is C8H12N2O6. The molecule has 0 aliphatic carbocycles. The molecule has 0 aromatic heterocycles. The van der Waals surface area contributed by atoms with Gasteiger partial charge in [-0.25, -0.2) is 9.59 Å². The van der Waals surface area contributed by atoms with Crippen LogP contribution in [0.2, 0.25) is 0 Å². The van der Waals surface area contributed by atoms with Gasteiger partial charge in [0.05, 0.1) is 6.54 Å². The van der Waals surface area contributed by atoms with Gasteiger partial charge in [-0.05, 0) is 6.42 Å². The number of hydrogen-bond donors (Lipinski definition) is 4. The summed E-state index contributed by atoms with van der Waals surface area (Å²) in [6, 6.07) is -2.12. The van der Waals surface area contributed by atoms with Gasteiger partial charge >= 0.3 is 18.0 Å². The van der Waals surface area contributed by atoms with Crippen molar-refractivity contribution >= 4 is 24.3 Å². The van der Waals surface area contributed by atoms with E-state index in [1.807, 2.05) is 5.32 Å². The van der Waals surface area contributed by atoms with E-state index in [-0.39, 0.29) is 19.4 Å². The number of urea groups is 1. The highest BCUT2D eigenvalue weighted by Gasteiger charge is 2.20. The lowest BCUT2D eigenvalue weighted by Gasteiger charge is -2.13. The van der Waals surface area contributed by atoms with Crippen LogP contribution in [0.5, 0.6) is 0 Å². The zero-order chi connectivity index (χ0) is 12.6. The molecule has 90 valence electrons. The van der Waals surface area contributed by atoms with Crippen molar-refractivity contribution in [1.29, 1.82) is 0 Å². The standard InChI is InChI=1S/C8H12N2O6/c11-4-3-9-8(16)10-5(7(14)15)1-2-6(12)13/h4-5H,1-3H2,(H,12,13)(H,14,15)(H2,9,10,16)/t5-/m0/s1. The van der Waals surface area contributed by atoms with E-state index in [1.165, 1.54) is 0 Å². The maximum Gasteiger partial charge on any atom is 0.326 e. The zero-order valence-electron chi connectivity index (χ0n) is 8.30. The first-order valence-electron chi connectivity index (χ1n) is 4.40. The largest absolute Gasteiger partial charge is 0.481 e. The number of nitrogens with one attached hydrogen (secondary N) is 2. The van der Waals surface area contributed by atoms with Gasteiger partial charge in [-0.3, -0.25) is 4.79 Å². The molecule has 1 atom stereocenters. The molecule has 0 heterocycles. The maximum atomic E-state index is 11.0. The average Bonchev–Trinajstić information content (AvgIpc) is 2.20. The maximum absolute atomic E-state index is 11.0. The molecule has 8 nitrogen and oxygen atoms in total. The third-order valence-electron chi connectivity index (χ3n) is 1.60. The number of rotatable bonds is 7. The molecule has 16 heavy (non-hydrogen) atoms. The van der Waals surface area contributed by atoms with E-state index in [4.69, 9.17) is 10.2 Å². The predicted octanol–water partition coefficient (Wildman–Crippen LogP) is -1.20. The van der Waals surface area contributed by atoms with Gasteiger partial charge in [0.2, 0.25) is 0 Å². The molecule has 0 rings (SSSR count). The second kappa shape index (κ2) is 7.21. The molecule has 0 unspecified atom stereocenters. The van der Waals surface area contributed by atoms with Gasteiger partial charge in [-0.15, -0.1) is 0 Å². The number of aldehydes is 1. The SMILES string of the molecule is O=CCNC(=O)N[C@@H](CCC(=O)O)C(=O)O. The minimum Gasteiger partial charge on any atom is -0.481 e. The van der Waals surface area contributed by atoms with Crippen LogP contribution in [-0.4, -0.2) is 47.1 Å². The molecule has 0 spiro atoms. The highest BCUT2D eigenvalue weighted by atomic mass is 16.4. The van der Waals surface area contributed by atoms with E-state index >= 15 is 0 Å². The van der Waals surface area contributed by atoms with Gasteiger partial charge in [0.25, 0.3) is 0 Å². The van der Waals surface area contributed by atoms with E-state index in [2.05, 4.69) is 5.32 Å². The minimum absolute atomic E-state index is 0.223. The van der Waals surface area contributed by atoms with Crippen molar-refractivity contribution in [2.75, 3.05) is 6.54 Å². The van der Waals surface area contributed by atoms with Crippen molar-refractivity contribution in [3.8, 4) is 0 Å². The third kappa shape index (κ3) is 6.35. The summed E-state index contributed by atoms with van der Waals surface area (Å²) < 4.78 is 0. The predicted molar refractivity (Wildman–Crippen MR) is 50.9 cm³/mol. The van der Waals surface area contributed by atoms with Crippen molar-refractivity contribution in [2.24, 2.45) is 0 Å². The molecule has 0 radical (unpaired) electrons. The Morgan fingerprint density at radius 2 is 1.88 bits per heavy atom. The van der Waals surface area contributed by atoms with Crippen LogP contribution in [0.4, 0.5) is 4.79 Å². The molecule has 0 saturated heterocycles. The molecule has 0 aromatic carbocycles. The fourth-order valence-electron chi connectivity index (χ4n) is 0.869. The molecule has 0 aliphatic rings. The number of hydrogen-bond acceptors (Lipinski definition) is 4. The highest BCUT2D eigenvalue weighted by molar-refractivity contribution is 5.83. The topological polar surface area (TPSA) is 133 Å². The van der Waals surface area contributed by atoms with Gasteiger partial charge in [0.15, 0.2) is 0 Å². The number of carbonyl (C=O) groups is 4. The summed E-state index contributed by atoms with van der Waals surface area (Å²) in [7, 11) is 0. The fraction of sp³-hybridized carbons (Fsp3) is 0.500. The number of amides is 2. The summed E-state index contributed by atoms with van der Waals surface area (Å²) in [4.78, 5) is 41.7. The van der Waals surface area contributed by atoms with E-state index in [0.717, 1.165) is 0 Å². The summed E-state index contributed by atoms with van der Waals surface area (Å²) in [6.45, 7) is -0.239. The normalized spacial score (nSPS) is 11.2. The third-order valence-corrected chi connectivity index (χ3v) is 1.60. The summed E-state index contributed by atoms with van der Waals surface area (Å²) in [5.74, 6) is -2.48. The van der Waals surface area contributed by atoms with Crippen LogP contribution in [0, 0.1) is 0 Å². The average molecular weight is 232 g/mol. The monoisotopic (exact) mass is 232 g/mol. The first kappa shape index (κ1) is 13.9. The summed E-state index contributed by atoms with van der Waals surface area (Å²) in [5.41, 5.74) is 0. The molecule has 8 heteroatoms. The van der Waals surface area contributed by atoms with E-state index < -0.39 is 24.0 Å². The molecule has 0 aromatic rings. The van der Waals surface area contributed by atoms with Gasteiger partial charge in [-0.2, -0.15) is 0 Å². The first-order chi connectivity index (χ1) is 7.47. The number of aliphatic carboxylic acids is 2. The Morgan fingerprint density at radius 3 is 2.31 bits per heavy atom. The second-order valence-corrected chi connectivity index (χ2v) is 2.84. The smallest absolute Gasteiger partial charge is 0.326 e. The fourth-order valence-corrected chi connectivity index (χ4v) is 0.869.